The van der Waals surface area contributed by atoms with E-state index in [4.69, 9.17) is 5.73 Å². The van der Waals surface area contributed by atoms with Crippen molar-refractivity contribution in [3.63, 3.8) is 0 Å². The summed E-state index contributed by atoms with van der Waals surface area (Å²) in [6.45, 7) is 2.07. The molecule has 2 heterocycles. The molecule has 3 aromatic rings. The molecule has 0 unspecified atom stereocenters. The Balaban J connectivity index is 1.97. The number of nitrogens with one attached hydrogen (secondary N) is 1. The van der Waals surface area contributed by atoms with Crippen LogP contribution in [0.5, 0.6) is 0 Å². The number of anilines is 4. The van der Waals surface area contributed by atoms with E-state index in [0.717, 1.165) is 15.3 Å². The van der Waals surface area contributed by atoms with Gasteiger partial charge in [0.1, 0.15) is 12.0 Å². The Kier molecular flexibility index (Phi) is 3.34. The number of nitrogens with zero attached hydrogens (tertiary/aromatic N) is 4. The Morgan fingerprint density at radius 1 is 1.24 bits per heavy atom. The number of thiazole rings is 1. The van der Waals surface area contributed by atoms with Crippen molar-refractivity contribution in [3.05, 3.63) is 30.1 Å². The zero-order valence-corrected chi connectivity index (χ0v) is 12.9. The van der Waals surface area contributed by atoms with Crippen molar-refractivity contribution >= 4 is 44.0 Å². The van der Waals surface area contributed by atoms with Crippen LogP contribution in [0.25, 0.3) is 10.2 Å². The van der Waals surface area contributed by atoms with E-state index in [1.54, 1.807) is 11.3 Å². The van der Waals surface area contributed by atoms with Crippen LogP contribution < -0.4 is 16.0 Å². The van der Waals surface area contributed by atoms with E-state index in [-0.39, 0.29) is 0 Å². The number of rotatable bonds is 3. The highest BCUT2D eigenvalue weighted by Crippen LogP contribution is 2.31. The van der Waals surface area contributed by atoms with Gasteiger partial charge in [0.15, 0.2) is 16.8 Å². The monoisotopic (exact) mass is 300 g/mol. The molecule has 0 fully saturated rings. The van der Waals surface area contributed by atoms with Crippen molar-refractivity contribution in [2.75, 3.05) is 30.0 Å². The molecule has 21 heavy (non-hydrogen) atoms. The SMILES string of the molecule is Cc1ccc2nc(Nc3ncnc(N(C)C)c3N)sc2c1. The van der Waals surface area contributed by atoms with Gasteiger partial charge < -0.3 is 16.0 Å². The summed E-state index contributed by atoms with van der Waals surface area (Å²) in [5.74, 6) is 1.26. The van der Waals surface area contributed by atoms with E-state index in [0.29, 0.717) is 17.3 Å². The summed E-state index contributed by atoms with van der Waals surface area (Å²) in [6.07, 6.45) is 1.49. The maximum absolute atomic E-state index is 6.10. The smallest absolute Gasteiger partial charge is 0.189 e. The summed E-state index contributed by atoms with van der Waals surface area (Å²) in [4.78, 5) is 14.8. The van der Waals surface area contributed by atoms with E-state index in [1.165, 1.54) is 11.9 Å². The number of hydrogen-bond donors (Lipinski definition) is 2. The minimum atomic E-state index is 0.512. The molecule has 108 valence electrons. The Hall–Kier alpha value is -2.41. The first-order valence-electron chi connectivity index (χ1n) is 6.46. The summed E-state index contributed by atoms with van der Waals surface area (Å²) in [7, 11) is 3.78. The topological polar surface area (TPSA) is 80.0 Å². The molecule has 6 nitrogen and oxygen atoms in total. The van der Waals surface area contributed by atoms with Crippen LogP contribution >= 0.6 is 11.3 Å². The average Bonchev–Trinajstić information content (AvgIpc) is 2.82. The maximum atomic E-state index is 6.10. The lowest BCUT2D eigenvalue weighted by atomic mass is 10.2. The van der Waals surface area contributed by atoms with Crippen LogP contribution in [0.1, 0.15) is 5.56 Å². The third kappa shape index (κ3) is 2.59. The van der Waals surface area contributed by atoms with Crippen LogP contribution in [0, 0.1) is 6.92 Å². The molecule has 0 bridgehead atoms. The number of nitrogens with two attached hydrogens (primary N) is 1. The molecule has 3 N–H and O–H groups in total. The van der Waals surface area contributed by atoms with Crippen LogP contribution in [0.3, 0.4) is 0 Å². The van der Waals surface area contributed by atoms with Gasteiger partial charge in [-0.1, -0.05) is 17.4 Å². The first-order chi connectivity index (χ1) is 10.0. The Morgan fingerprint density at radius 2 is 2.05 bits per heavy atom. The number of aromatic nitrogens is 3. The predicted octanol–water partition coefficient (Wildman–Crippen LogP) is 2.79. The third-order valence-electron chi connectivity index (χ3n) is 3.06. The molecule has 0 aliphatic rings. The van der Waals surface area contributed by atoms with Gasteiger partial charge in [0.05, 0.1) is 10.2 Å². The summed E-state index contributed by atoms with van der Waals surface area (Å²) in [5, 5.41) is 3.95. The van der Waals surface area contributed by atoms with Crippen LogP contribution in [0.4, 0.5) is 22.5 Å². The van der Waals surface area contributed by atoms with Crippen molar-refractivity contribution in [1.82, 2.24) is 15.0 Å². The zero-order valence-electron chi connectivity index (χ0n) is 12.1. The quantitative estimate of drug-likeness (QED) is 0.774. The Labute approximate surface area is 126 Å². The normalized spacial score (nSPS) is 10.8. The molecule has 0 atom stereocenters. The predicted molar refractivity (Wildman–Crippen MR) is 88.4 cm³/mol. The summed E-state index contributed by atoms with van der Waals surface area (Å²) in [5.41, 5.74) is 8.79. The third-order valence-corrected chi connectivity index (χ3v) is 3.99. The van der Waals surface area contributed by atoms with Gasteiger partial charge in [-0.05, 0) is 24.6 Å². The molecule has 0 aliphatic heterocycles. The Morgan fingerprint density at radius 3 is 2.81 bits per heavy atom. The largest absolute Gasteiger partial charge is 0.393 e. The summed E-state index contributed by atoms with van der Waals surface area (Å²) in [6, 6.07) is 6.18. The fraction of sp³-hybridized carbons (Fsp3) is 0.214. The molecule has 1 aromatic carbocycles. The number of fused-ring (bicyclic) bond motifs is 1. The van der Waals surface area contributed by atoms with Gasteiger partial charge in [-0.15, -0.1) is 0 Å². The second-order valence-corrected chi connectivity index (χ2v) is 6.00. The van der Waals surface area contributed by atoms with E-state index < -0.39 is 0 Å². The minimum Gasteiger partial charge on any atom is -0.393 e. The fourth-order valence-corrected chi connectivity index (χ4v) is 2.99. The van der Waals surface area contributed by atoms with Crippen molar-refractivity contribution in [1.29, 1.82) is 0 Å². The molecule has 2 aromatic heterocycles. The van der Waals surface area contributed by atoms with Crippen LogP contribution in [-0.4, -0.2) is 29.0 Å². The molecule has 0 saturated heterocycles. The highest BCUT2D eigenvalue weighted by atomic mass is 32.1. The van der Waals surface area contributed by atoms with Crippen molar-refractivity contribution in [3.8, 4) is 0 Å². The van der Waals surface area contributed by atoms with Crippen molar-refractivity contribution in [2.45, 2.75) is 6.92 Å². The molecule has 0 amide bonds. The molecular weight excluding hydrogens is 284 g/mol. The van der Waals surface area contributed by atoms with Crippen LogP contribution in [-0.2, 0) is 0 Å². The minimum absolute atomic E-state index is 0.512. The number of nitrogen functional groups attached to an aromatic ring is 1. The molecular formula is C14H16N6S. The lowest BCUT2D eigenvalue weighted by molar-refractivity contribution is 1.04. The molecule has 0 saturated carbocycles. The number of aryl methyl sites for hydroxylation is 1. The van der Waals surface area contributed by atoms with Crippen LogP contribution in [0.15, 0.2) is 24.5 Å². The lowest BCUT2D eigenvalue weighted by Crippen LogP contribution is -2.14. The first-order valence-corrected chi connectivity index (χ1v) is 7.28. The van der Waals surface area contributed by atoms with Gasteiger partial charge in [-0.3, -0.25) is 0 Å². The zero-order chi connectivity index (χ0) is 15.0. The van der Waals surface area contributed by atoms with Gasteiger partial charge in [-0.25, -0.2) is 15.0 Å². The molecule has 0 aliphatic carbocycles. The molecule has 3 rings (SSSR count). The molecule has 7 heteroatoms. The molecule has 0 spiro atoms. The fourth-order valence-electron chi connectivity index (χ4n) is 2.03. The van der Waals surface area contributed by atoms with Gasteiger partial charge in [0, 0.05) is 14.1 Å². The van der Waals surface area contributed by atoms with E-state index in [1.807, 2.05) is 25.1 Å². The van der Waals surface area contributed by atoms with Crippen molar-refractivity contribution < 1.29 is 0 Å². The van der Waals surface area contributed by atoms with Gasteiger partial charge in [-0.2, -0.15) is 0 Å². The van der Waals surface area contributed by atoms with Crippen molar-refractivity contribution in [2.24, 2.45) is 0 Å². The highest BCUT2D eigenvalue weighted by Gasteiger charge is 2.12. The second-order valence-electron chi connectivity index (χ2n) is 4.97. The standard InChI is InChI=1S/C14H16N6S/c1-8-4-5-9-10(6-8)21-14(18-9)19-12-11(15)13(20(2)3)17-7-16-12/h4-7H,15H2,1-3H3,(H,16,17,18,19). The average molecular weight is 300 g/mol. The Bertz CT molecular complexity index is 795. The van der Waals surface area contributed by atoms with E-state index in [9.17, 15) is 0 Å². The second kappa shape index (κ2) is 5.17. The van der Waals surface area contributed by atoms with Gasteiger partial charge >= 0.3 is 0 Å². The number of benzene rings is 1. The van der Waals surface area contributed by atoms with Gasteiger partial charge in [0.2, 0.25) is 0 Å². The number of hydrogen-bond acceptors (Lipinski definition) is 7. The summed E-state index contributed by atoms with van der Waals surface area (Å²) >= 11 is 1.58. The van der Waals surface area contributed by atoms with E-state index in [2.05, 4.69) is 39.3 Å². The van der Waals surface area contributed by atoms with Crippen LogP contribution in [0.2, 0.25) is 0 Å². The maximum Gasteiger partial charge on any atom is 0.189 e. The van der Waals surface area contributed by atoms with Gasteiger partial charge in [0.25, 0.3) is 0 Å². The lowest BCUT2D eigenvalue weighted by Gasteiger charge is -2.15. The highest BCUT2D eigenvalue weighted by molar-refractivity contribution is 7.22. The molecule has 0 radical (unpaired) electrons. The first kappa shape index (κ1) is 13.6. The summed E-state index contributed by atoms with van der Waals surface area (Å²) < 4.78 is 1.14. The van der Waals surface area contributed by atoms with E-state index >= 15 is 0 Å².